The van der Waals surface area contributed by atoms with Crippen LogP contribution in [0, 0.1) is 0 Å². The number of anilines is 2. The third kappa shape index (κ3) is 2.38. The smallest absolute Gasteiger partial charge is 0.323 e. The molecule has 6 heteroatoms. The Morgan fingerprint density at radius 2 is 2.05 bits per heavy atom. The van der Waals surface area contributed by atoms with E-state index >= 15 is 0 Å². The molecule has 0 saturated carbocycles. The number of hydrogen-bond donors (Lipinski definition) is 2. The average Bonchev–Trinajstić information content (AvgIpc) is 2.58. The molecule has 6 nitrogen and oxygen atoms in total. The van der Waals surface area contributed by atoms with Crippen LogP contribution in [0.4, 0.5) is 11.4 Å². The van der Waals surface area contributed by atoms with Crippen molar-refractivity contribution in [2.45, 2.75) is 6.42 Å². The molecule has 0 atom stereocenters. The summed E-state index contributed by atoms with van der Waals surface area (Å²) >= 11 is 0. The van der Waals surface area contributed by atoms with Crippen LogP contribution >= 0.6 is 0 Å². The summed E-state index contributed by atoms with van der Waals surface area (Å²) in [6.45, 7) is 2.60. The molecule has 2 heterocycles. The lowest BCUT2D eigenvalue weighted by Crippen LogP contribution is -2.30. The van der Waals surface area contributed by atoms with Crippen molar-refractivity contribution >= 4 is 17.3 Å². The normalized spacial score (nSPS) is 17.2. The summed E-state index contributed by atoms with van der Waals surface area (Å²) in [5.74, 6) is 0.571. The van der Waals surface area contributed by atoms with E-state index in [1.807, 2.05) is 17.0 Å². The highest BCUT2D eigenvalue weighted by Gasteiger charge is 2.22. The maximum atomic E-state index is 11.0. The van der Waals surface area contributed by atoms with Gasteiger partial charge >= 0.3 is 5.97 Å². The summed E-state index contributed by atoms with van der Waals surface area (Å²) in [6, 6.07) is 3.76. The van der Waals surface area contributed by atoms with E-state index in [1.165, 1.54) is 0 Å². The van der Waals surface area contributed by atoms with Crippen LogP contribution in [-0.2, 0) is 4.79 Å². The highest BCUT2D eigenvalue weighted by molar-refractivity contribution is 5.81. The molecule has 0 unspecified atom stereocenters. The van der Waals surface area contributed by atoms with E-state index in [2.05, 4.69) is 5.32 Å². The van der Waals surface area contributed by atoms with Gasteiger partial charge in [0.15, 0.2) is 11.5 Å². The molecule has 0 saturated heterocycles. The predicted octanol–water partition coefficient (Wildman–Crippen LogP) is 1.16. The highest BCUT2D eigenvalue weighted by atomic mass is 16.6. The van der Waals surface area contributed by atoms with Crippen LogP contribution in [0.1, 0.15) is 6.42 Å². The maximum absolute atomic E-state index is 11.0. The molecule has 2 aliphatic heterocycles. The predicted molar refractivity (Wildman–Crippen MR) is 70.4 cm³/mol. The number of benzene rings is 1. The number of aliphatic carboxylic acids is 1. The number of rotatable bonds is 2. The summed E-state index contributed by atoms with van der Waals surface area (Å²) in [6.07, 6.45) is 0.897. The van der Waals surface area contributed by atoms with Crippen LogP contribution < -0.4 is 19.7 Å². The van der Waals surface area contributed by atoms with Crippen molar-refractivity contribution in [3.05, 3.63) is 12.1 Å². The number of carbonyl (C=O) groups is 1. The standard InChI is InChI=1S/C13H16N2O4/c16-13(17)8-15-3-1-2-14-9-6-11-12(7-10(9)15)19-5-4-18-11/h6-7,14H,1-5,8H2,(H,16,17). The van der Waals surface area contributed by atoms with Crippen LogP contribution in [0.3, 0.4) is 0 Å². The topological polar surface area (TPSA) is 71.0 Å². The molecule has 102 valence electrons. The van der Waals surface area contributed by atoms with E-state index < -0.39 is 5.97 Å². The van der Waals surface area contributed by atoms with Gasteiger partial charge in [-0.25, -0.2) is 0 Å². The number of carboxylic acids is 1. The lowest BCUT2D eigenvalue weighted by atomic mass is 10.2. The maximum Gasteiger partial charge on any atom is 0.323 e. The zero-order valence-electron chi connectivity index (χ0n) is 10.5. The molecular formula is C13H16N2O4. The zero-order valence-corrected chi connectivity index (χ0v) is 10.5. The Morgan fingerprint density at radius 1 is 1.32 bits per heavy atom. The van der Waals surface area contributed by atoms with Crippen molar-refractivity contribution in [3.63, 3.8) is 0 Å². The SMILES string of the molecule is O=C(O)CN1CCCNc2cc3c(cc21)OCCO3. The van der Waals surface area contributed by atoms with E-state index in [4.69, 9.17) is 14.6 Å². The Labute approximate surface area is 110 Å². The van der Waals surface area contributed by atoms with Crippen LogP contribution in [0.25, 0.3) is 0 Å². The fraction of sp³-hybridized carbons (Fsp3) is 0.462. The Bertz CT molecular complexity index is 504. The van der Waals surface area contributed by atoms with Gasteiger partial charge in [-0.3, -0.25) is 4.79 Å². The van der Waals surface area contributed by atoms with Crippen LogP contribution in [0.2, 0.25) is 0 Å². The van der Waals surface area contributed by atoms with E-state index in [0.29, 0.717) is 25.5 Å². The average molecular weight is 264 g/mol. The van der Waals surface area contributed by atoms with Crippen LogP contribution in [-0.4, -0.2) is 43.9 Å². The number of nitrogens with one attached hydrogen (secondary N) is 1. The minimum Gasteiger partial charge on any atom is -0.486 e. The molecule has 0 aromatic heterocycles. The highest BCUT2D eigenvalue weighted by Crippen LogP contribution is 2.40. The van der Waals surface area contributed by atoms with E-state index in [1.54, 1.807) is 0 Å². The molecule has 0 aliphatic carbocycles. The van der Waals surface area contributed by atoms with Crippen LogP contribution in [0.15, 0.2) is 12.1 Å². The summed E-state index contributed by atoms with van der Waals surface area (Å²) in [7, 11) is 0. The quantitative estimate of drug-likeness (QED) is 0.835. The molecule has 0 spiro atoms. The number of fused-ring (bicyclic) bond motifs is 2. The Morgan fingerprint density at radius 3 is 2.79 bits per heavy atom. The molecule has 0 bridgehead atoms. The Kier molecular flexibility index (Phi) is 3.06. The third-order valence-corrected chi connectivity index (χ3v) is 3.25. The Balaban J connectivity index is 1.99. The first-order chi connectivity index (χ1) is 9.24. The van der Waals surface area contributed by atoms with Gasteiger partial charge in [-0.2, -0.15) is 0 Å². The first-order valence-electron chi connectivity index (χ1n) is 6.38. The number of carboxylic acid groups (broad SMARTS) is 1. The lowest BCUT2D eigenvalue weighted by Gasteiger charge is -2.26. The third-order valence-electron chi connectivity index (χ3n) is 3.25. The second kappa shape index (κ2) is 4.87. The van der Waals surface area contributed by atoms with E-state index in [0.717, 1.165) is 30.1 Å². The molecule has 3 rings (SSSR count). The summed E-state index contributed by atoms with van der Waals surface area (Å²) in [4.78, 5) is 12.8. The first kappa shape index (κ1) is 12.0. The molecular weight excluding hydrogens is 248 g/mol. The Hall–Kier alpha value is -2.11. The van der Waals surface area contributed by atoms with Crippen molar-refractivity contribution in [1.82, 2.24) is 0 Å². The van der Waals surface area contributed by atoms with Gasteiger partial charge in [0.1, 0.15) is 19.8 Å². The number of nitrogens with zero attached hydrogens (tertiary/aromatic N) is 1. The largest absolute Gasteiger partial charge is 0.486 e. The molecule has 19 heavy (non-hydrogen) atoms. The zero-order chi connectivity index (χ0) is 13.2. The van der Waals surface area contributed by atoms with Crippen molar-refractivity contribution in [2.75, 3.05) is 43.1 Å². The van der Waals surface area contributed by atoms with Gasteiger partial charge < -0.3 is 24.8 Å². The van der Waals surface area contributed by atoms with Gasteiger partial charge in [-0.1, -0.05) is 0 Å². The van der Waals surface area contributed by atoms with Gasteiger partial charge in [0.25, 0.3) is 0 Å². The van der Waals surface area contributed by atoms with Crippen molar-refractivity contribution in [3.8, 4) is 11.5 Å². The van der Waals surface area contributed by atoms with Gasteiger partial charge in [0, 0.05) is 25.2 Å². The molecule has 1 aromatic carbocycles. The minimum absolute atomic E-state index is 0.00563. The second-order valence-corrected chi connectivity index (χ2v) is 4.61. The summed E-state index contributed by atoms with van der Waals surface area (Å²) in [5.41, 5.74) is 1.77. The monoisotopic (exact) mass is 264 g/mol. The molecule has 0 fully saturated rings. The minimum atomic E-state index is -0.831. The van der Waals surface area contributed by atoms with Crippen molar-refractivity contribution in [2.24, 2.45) is 0 Å². The molecule has 0 radical (unpaired) electrons. The molecule has 0 amide bonds. The van der Waals surface area contributed by atoms with Gasteiger partial charge in [0.05, 0.1) is 11.4 Å². The molecule has 2 N–H and O–H groups in total. The van der Waals surface area contributed by atoms with E-state index in [-0.39, 0.29) is 6.54 Å². The molecule has 1 aromatic rings. The van der Waals surface area contributed by atoms with E-state index in [9.17, 15) is 4.79 Å². The lowest BCUT2D eigenvalue weighted by molar-refractivity contribution is -0.135. The van der Waals surface area contributed by atoms with Crippen molar-refractivity contribution in [1.29, 1.82) is 0 Å². The summed E-state index contributed by atoms with van der Waals surface area (Å²) < 4.78 is 11.1. The fourth-order valence-corrected chi connectivity index (χ4v) is 2.42. The first-order valence-corrected chi connectivity index (χ1v) is 6.38. The fourth-order valence-electron chi connectivity index (χ4n) is 2.42. The van der Waals surface area contributed by atoms with Gasteiger partial charge in [-0.15, -0.1) is 0 Å². The second-order valence-electron chi connectivity index (χ2n) is 4.61. The van der Waals surface area contributed by atoms with Crippen molar-refractivity contribution < 1.29 is 19.4 Å². The summed E-state index contributed by atoms with van der Waals surface area (Å²) in [5, 5.41) is 12.3. The van der Waals surface area contributed by atoms with Crippen LogP contribution in [0.5, 0.6) is 11.5 Å². The van der Waals surface area contributed by atoms with Gasteiger partial charge in [0.2, 0.25) is 0 Å². The number of hydrogen-bond acceptors (Lipinski definition) is 5. The molecule has 2 aliphatic rings. The van der Waals surface area contributed by atoms with Gasteiger partial charge in [-0.05, 0) is 6.42 Å². The number of ether oxygens (including phenoxy) is 2.